The van der Waals surface area contributed by atoms with Gasteiger partial charge in [0.25, 0.3) is 5.91 Å². The largest absolute Gasteiger partial charge is 0.335 e. The van der Waals surface area contributed by atoms with Gasteiger partial charge in [0.2, 0.25) is 10.0 Å². The van der Waals surface area contributed by atoms with Crippen LogP contribution in [0.2, 0.25) is 0 Å². The van der Waals surface area contributed by atoms with Gasteiger partial charge in [-0.2, -0.15) is 4.31 Å². The summed E-state index contributed by atoms with van der Waals surface area (Å²) in [7, 11) is -3.37. The van der Waals surface area contributed by atoms with E-state index in [0.717, 1.165) is 15.6 Å². The highest BCUT2D eigenvalue weighted by Gasteiger charge is 2.29. The van der Waals surface area contributed by atoms with E-state index in [2.05, 4.69) is 0 Å². The monoisotopic (exact) mass is 400 g/mol. The standard InChI is InChI=1S/C20H20N2O3S2/c23-20(19-14-17-8-4-5-9-18(17)26-19)21-10-12-22(13-11-21)27(24,25)15-16-6-2-1-3-7-16/h1-9,14H,10-13,15H2. The lowest BCUT2D eigenvalue weighted by Gasteiger charge is -2.33. The maximum atomic E-state index is 12.8. The van der Waals surface area contributed by atoms with Crippen molar-refractivity contribution in [2.45, 2.75) is 5.75 Å². The fourth-order valence-electron chi connectivity index (χ4n) is 3.29. The van der Waals surface area contributed by atoms with Gasteiger partial charge in [-0.05, 0) is 23.1 Å². The number of nitrogens with zero attached hydrogens (tertiary/aromatic N) is 2. The normalized spacial score (nSPS) is 15.9. The first-order valence-electron chi connectivity index (χ1n) is 8.82. The van der Waals surface area contributed by atoms with Crippen LogP contribution in [0, 0.1) is 0 Å². The van der Waals surface area contributed by atoms with Crippen molar-refractivity contribution in [3.05, 3.63) is 71.1 Å². The summed E-state index contributed by atoms with van der Waals surface area (Å²) in [6.07, 6.45) is 0. The number of rotatable bonds is 4. The molecule has 0 aliphatic carbocycles. The molecule has 1 aliphatic rings. The topological polar surface area (TPSA) is 57.7 Å². The zero-order valence-electron chi connectivity index (χ0n) is 14.7. The number of sulfonamides is 1. The molecule has 0 N–H and O–H groups in total. The highest BCUT2D eigenvalue weighted by Crippen LogP contribution is 2.26. The van der Waals surface area contributed by atoms with Crippen LogP contribution in [0.5, 0.6) is 0 Å². The molecule has 3 aromatic rings. The summed E-state index contributed by atoms with van der Waals surface area (Å²) in [5.74, 6) is -0.0192. The molecule has 1 fully saturated rings. The molecule has 2 heterocycles. The van der Waals surface area contributed by atoms with E-state index < -0.39 is 10.0 Å². The minimum atomic E-state index is -3.37. The lowest BCUT2D eigenvalue weighted by atomic mass is 10.2. The molecule has 1 aliphatic heterocycles. The summed E-state index contributed by atoms with van der Waals surface area (Å²) in [5.41, 5.74) is 0.779. The third kappa shape index (κ3) is 3.90. The van der Waals surface area contributed by atoms with Gasteiger partial charge in [0.15, 0.2) is 0 Å². The molecule has 4 rings (SSSR count). The van der Waals surface area contributed by atoms with Crippen LogP contribution in [0.3, 0.4) is 0 Å². The minimum Gasteiger partial charge on any atom is -0.335 e. The van der Waals surface area contributed by atoms with Gasteiger partial charge in [0.1, 0.15) is 0 Å². The predicted molar refractivity (Wildman–Crippen MR) is 108 cm³/mol. The summed E-state index contributed by atoms with van der Waals surface area (Å²) in [6.45, 7) is 1.51. The maximum Gasteiger partial charge on any atom is 0.264 e. The average molecular weight is 401 g/mol. The maximum absolute atomic E-state index is 12.8. The number of carbonyl (C=O) groups is 1. The van der Waals surface area contributed by atoms with Crippen molar-refractivity contribution in [1.82, 2.24) is 9.21 Å². The Balaban J connectivity index is 1.41. The Bertz CT molecular complexity index is 1020. The van der Waals surface area contributed by atoms with Crippen LogP contribution in [0.1, 0.15) is 15.2 Å². The molecule has 1 amide bonds. The van der Waals surface area contributed by atoms with Crippen LogP contribution in [0.25, 0.3) is 10.1 Å². The SMILES string of the molecule is O=C(c1cc2ccccc2s1)N1CCN(S(=O)(=O)Cc2ccccc2)CC1. The number of hydrogen-bond acceptors (Lipinski definition) is 4. The number of piperazine rings is 1. The van der Waals surface area contributed by atoms with Crippen LogP contribution < -0.4 is 0 Å². The van der Waals surface area contributed by atoms with Gasteiger partial charge in [-0.1, -0.05) is 48.5 Å². The summed E-state index contributed by atoms with van der Waals surface area (Å²) in [6, 6.07) is 19.0. The molecule has 140 valence electrons. The van der Waals surface area contributed by atoms with E-state index in [1.807, 2.05) is 60.7 Å². The van der Waals surface area contributed by atoms with E-state index in [1.165, 1.54) is 15.6 Å². The number of hydrogen-bond donors (Lipinski definition) is 0. The van der Waals surface area contributed by atoms with Gasteiger partial charge in [0, 0.05) is 30.9 Å². The van der Waals surface area contributed by atoms with Crippen molar-refractivity contribution in [3.8, 4) is 0 Å². The fraction of sp³-hybridized carbons (Fsp3) is 0.250. The van der Waals surface area contributed by atoms with Crippen molar-refractivity contribution in [2.75, 3.05) is 26.2 Å². The fourth-order valence-corrected chi connectivity index (χ4v) is 5.84. The Morgan fingerprint density at radius 1 is 0.926 bits per heavy atom. The molecule has 2 aromatic carbocycles. The van der Waals surface area contributed by atoms with E-state index in [4.69, 9.17) is 0 Å². The van der Waals surface area contributed by atoms with Gasteiger partial charge >= 0.3 is 0 Å². The first-order valence-corrected chi connectivity index (χ1v) is 11.3. The van der Waals surface area contributed by atoms with Gasteiger partial charge < -0.3 is 4.90 Å². The lowest BCUT2D eigenvalue weighted by Crippen LogP contribution is -2.50. The van der Waals surface area contributed by atoms with E-state index >= 15 is 0 Å². The summed E-state index contributed by atoms with van der Waals surface area (Å²) in [4.78, 5) is 15.2. The van der Waals surface area contributed by atoms with Gasteiger partial charge in [-0.3, -0.25) is 4.79 Å². The molecule has 27 heavy (non-hydrogen) atoms. The van der Waals surface area contributed by atoms with Crippen LogP contribution in [0.4, 0.5) is 0 Å². The molecule has 0 atom stereocenters. The Kier molecular flexibility index (Phi) is 4.99. The molecule has 5 nitrogen and oxygen atoms in total. The minimum absolute atomic E-state index is 0.00188. The molecule has 0 saturated carbocycles. The average Bonchev–Trinajstić information content (AvgIpc) is 3.12. The first-order chi connectivity index (χ1) is 13.0. The van der Waals surface area contributed by atoms with E-state index in [0.29, 0.717) is 31.1 Å². The van der Waals surface area contributed by atoms with Crippen molar-refractivity contribution in [2.24, 2.45) is 0 Å². The molecule has 1 saturated heterocycles. The first kappa shape index (κ1) is 18.2. The molecule has 0 radical (unpaired) electrons. The van der Waals surface area contributed by atoms with Crippen LogP contribution >= 0.6 is 11.3 Å². The number of fused-ring (bicyclic) bond motifs is 1. The quantitative estimate of drug-likeness (QED) is 0.676. The van der Waals surface area contributed by atoms with Crippen molar-refractivity contribution >= 4 is 37.4 Å². The smallest absolute Gasteiger partial charge is 0.264 e. The summed E-state index contributed by atoms with van der Waals surface area (Å²) < 4.78 is 27.9. The van der Waals surface area contributed by atoms with E-state index in [-0.39, 0.29) is 11.7 Å². The molecule has 0 bridgehead atoms. The van der Waals surface area contributed by atoms with E-state index in [1.54, 1.807) is 4.90 Å². The third-order valence-corrected chi connectivity index (χ3v) is 7.70. The third-order valence-electron chi connectivity index (χ3n) is 4.75. The second-order valence-corrected chi connectivity index (χ2v) is 9.63. The molecular formula is C20H20N2O3S2. The highest BCUT2D eigenvalue weighted by atomic mass is 32.2. The Morgan fingerprint density at radius 3 is 2.30 bits per heavy atom. The molecule has 0 unspecified atom stereocenters. The van der Waals surface area contributed by atoms with Gasteiger partial charge in [-0.15, -0.1) is 11.3 Å². The lowest BCUT2D eigenvalue weighted by molar-refractivity contribution is 0.0703. The van der Waals surface area contributed by atoms with Crippen molar-refractivity contribution in [3.63, 3.8) is 0 Å². The molecular weight excluding hydrogens is 380 g/mol. The number of benzene rings is 2. The van der Waals surface area contributed by atoms with Crippen LogP contribution in [-0.2, 0) is 15.8 Å². The molecule has 1 aromatic heterocycles. The number of thiophene rings is 1. The molecule has 0 spiro atoms. The van der Waals surface area contributed by atoms with Gasteiger partial charge in [0.05, 0.1) is 10.6 Å². The highest BCUT2D eigenvalue weighted by molar-refractivity contribution is 7.88. The Morgan fingerprint density at radius 2 is 1.59 bits per heavy atom. The van der Waals surface area contributed by atoms with Crippen LogP contribution in [0.15, 0.2) is 60.7 Å². The summed E-state index contributed by atoms with van der Waals surface area (Å²) >= 11 is 1.48. The van der Waals surface area contributed by atoms with Crippen molar-refractivity contribution < 1.29 is 13.2 Å². The Labute approximate surface area is 162 Å². The van der Waals surface area contributed by atoms with Crippen molar-refractivity contribution in [1.29, 1.82) is 0 Å². The second-order valence-electron chi connectivity index (χ2n) is 6.58. The zero-order valence-corrected chi connectivity index (χ0v) is 16.4. The summed E-state index contributed by atoms with van der Waals surface area (Å²) in [5, 5.41) is 1.06. The molecule has 7 heteroatoms. The zero-order chi connectivity index (χ0) is 18.9. The number of amides is 1. The van der Waals surface area contributed by atoms with Crippen LogP contribution in [-0.4, -0.2) is 49.7 Å². The van der Waals surface area contributed by atoms with E-state index in [9.17, 15) is 13.2 Å². The number of carbonyl (C=O) groups excluding carboxylic acids is 1. The second kappa shape index (κ2) is 7.42. The Hall–Kier alpha value is -2.22. The predicted octanol–water partition coefficient (Wildman–Crippen LogP) is 3.19. The van der Waals surface area contributed by atoms with Gasteiger partial charge in [-0.25, -0.2) is 8.42 Å².